The quantitative estimate of drug-likeness (QED) is 0.345. The van der Waals surface area contributed by atoms with E-state index in [9.17, 15) is 19.5 Å². The number of nitrogens with one attached hydrogen (secondary N) is 2. The molecule has 0 bridgehead atoms. The molecule has 3 rings (SSSR count). The van der Waals surface area contributed by atoms with Gasteiger partial charge in [-0.1, -0.05) is 43.7 Å². The van der Waals surface area contributed by atoms with Crippen LogP contribution < -0.4 is 10.6 Å². The summed E-state index contributed by atoms with van der Waals surface area (Å²) in [7, 11) is 0. The lowest BCUT2D eigenvalue weighted by Gasteiger charge is -2.53. The number of thioether (sulfide) groups is 1. The Balaban J connectivity index is 1.82. The van der Waals surface area contributed by atoms with Crippen molar-refractivity contribution in [3.8, 4) is 0 Å². The number of nitrogens with zero attached hydrogens (tertiary/aromatic N) is 1. The topological polar surface area (TPSA) is 98.7 Å². The van der Waals surface area contributed by atoms with Gasteiger partial charge in [-0.2, -0.15) is 0 Å². The monoisotopic (exact) mass is 405 g/mol. The third kappa shape index (κ3) is 3.51. The number of benzene rings is 1. The summed E-state index contributed by atoms with van der Waals surface area (Å²) in [5, 5.41) is 15.3. The first-order chi connectivity index (χ1) is 13.2. The Hall–Kier alpha value is -2.06. The van der Waals surface area contributed by atoms with E-state index >= 15 is 0 Å². The van der Waals surface area contributed by atoms with Gasteiger partial charge in [-0.15, -0.1) is 11.8 Å². The van der Waals surface area contributed by atoms with Crippen molar-refractivity contribution in [2.45, 2.75) is 61.9 Å². The summed E-state index contributed by atoms with van der Waals surface area (Å²) in [5.74, 6) is -1.66. The highest BCUT2D eigenvalue weighted by molar-refractivity contribution is 8.01. The van der Waals surface area contributed by atoms with Gasteiger partial charge in [-0.3, -0.25) is 14.9 Å². The van der Waals surface area contributed by atoms with Crippen LogP contribution in [0.3, 0.4) is 0 Å². The lowest BCUT2D eigenvalue weighted by Crippen LogP contribution is -2.85. The number of carbonyl (C=O) groups is 3. The van der Waals surface area contributed by atoms with Gasteiger partial charge >= 0.3 is 5.97 Å². The second-order valence-electron chi connectivity index (χ2n) is 7.83. The van der Waals surface area contributed by atoms with Crippen LogP contribution in [0.2, 0.25) is 0 Å². The predicted molar refractivity (Wildman–Crippen MR) is 108 cm³/mol. The molecular formula is C20H27N3O4S. The second-order valence-corrected chi connectivity index (χ2v) is 9.56. The molecule has 0 saturated carbocycles. The zero-order valence-corrected chi connectivity index (χ0v) is 17.2. The molecule has 0 aliphatic carbocycles. The largest absolute Gasteiger partial charge is 0.480 e. The first kappa shape index (κ1) is 20.7. The molecule has 3 N–H and O–H groups in total. The van der Waals surface area contributed by atoms with E-state index in [0.717, 1.165) is 18.4 Å². The minimum Gasteiger partial charge on any atom is -0.480 e. The highest BCUT2D eigenvalue weighted by Crippen LogP contribution is 2.54. The lowest BCUT2D eigenvalue weighted by molar-refractivity contribution is -0.171. The van der Waals surface area contributed by atoms with Gasteiger partial charge in [-0.05, 0) is 32.4 Å². The maximum Gasteiger partial charge on any atom is 0.327 e. The first-order valence-electron chi connectivity index (χ1n) is 9.56. The van der Waals surface area contributed by atoms with Crippen molar-refractivity contribution in [3.05, 3.63) is 35.9 Å². The maximum atomic E-state index is 13.1. The fraction of sp³-hybridized carbons (Fsp3) is 0.550. The van der Waals surface area contributed by atoms with E-state index in [0.29, 0.717) is 6.54 Å². The number of carboxylic acids is 1. The Labute approximate surface area is 169 Å². The van der Waals surface area contributed by atoms with Crippen molar-refractivity contribution in [3.63, 3.8) is 0 Å². The van der Waals surface area contributed by atoms with E-state index < -0.39 is 27.8 Å². The predicted octanol–water partition coefficient (Wildman–Crippen LogP) is 1.58. The highest BCUT2D eigenvalue weighted by Gasteiger charge is 2.72. The molecule has 3 atom stereocenters. The SMILES string of the molecule is CCCCNC1(NC(=O)Cc2ccccc2)C(=O)N2[C@@H](C(=O)O)C(C)(C)S[C@@H]21. The summed E-state index contributed by atoms with van der Waals surface area (Å²) in [4.78, 5) is 39.0. The number of unbranched alkanes of at least 4 members (excludes halogenated alkanes) is 1. The van der Waals surface area contributed by atoms with Gasteiger partial charge in [0.1, 0.15) is 11.4 Å². The number of amides is 2. The van der Waals surface area contributed by atoms with Crippen LogP contribution in [-0.2, 0) is 20.8 Å². The Morgan fingerprint density at radius 1 is 1.25 bits per heavy atom. The molecule has 2 saturated heterocycles. The Kier molecular flexibility index (Phi) is 5.72. The van der Waals surface area contributed by atoms with Gasteiger partial charge in [0.05, 0.1) is 6.42 Å². The summed E-state index contributed by atoms with van der Waals surface area (Å²) in [6.45, 7) is 6.26. The number of carboxylic acid groups (broad SMARTS) is 1. The Bertz CT molecular complexity index is 770. The molecule has 2 amide bonds. The zero-order valence-electron chi connectivity index (χ0n) is 16.4. The number of carbonyl (C=O) groups excluding carboxylic acids is 2. The van der Waals surface area contributed by atoms with E-state index in [1.165, 1.54) is 16.7 Å². The van der Waals surface area contributed by atoms with E-state index in [-0.39, 0.29) is 18.2 Å². The van der Waals surface area contributed by atoms with Crippen LogP contribution in [0.1, 0.15) is 39.2 Å². The van der Waals surface area contributed by atoms with E-state index in [1.807, 2.05) is 51.1 Å². The molecule has 1 unspecified atom stereocenters. The molecular weight excluding hydrogens is 378 g/mol. The molecule has 0 spiro atoms. The second kappa shape index (κ2) is 7.75. The van der Waals surface area contributed by atoms with Gasteiger partial charge in [0.2, 0.25) is 11.6 Å². The molecule has 1 aromatic carbocycles. The van der Waals surface area contributed by atoms with Crippen LogP contribution in [0, 0.1) is 0 Å². The number of rotatable bonds is 8. The van der Waals surface area contributed by atoms with Gasteiger partial charge in [-0.25, -0.2) is 4.79 Å². The van der Waals surface area contributed by atoms with Gasteiger partial charge in [0, 0.05) is 4.75 Å². The number of fused-ring (bicyclic) bond motifs is 1. The Morgan fingerprint density at radius 3 is 2.54 bits per heavy atom. The maximum absolute atomic E-state index is 13.1. The molecule has 2 aliphatic heterocycles. The van der Waals surface area contributed by atoms with Gasteiger partial charge in [0.25, 0.3) is 5.91 Å². The van der Waals surface area contributed by atoms with E-state index in [4.69, 9.17) is 0 Å². The minimum absolute atomic E-state index is 0.161. The fourth-order valence-corrected chi connectivity index (χ4v) is 5.56. The van der Waals surface area contributed by atoms with Crippen LogP contribution in [-0.4, -0.2) is 56.2 Å². The van der Waals surface area contributed by atoms with Gasteiger partial charge < -0.3 is 15.3 Å². The van der Waals surface area contributed by atoms with Crippen LogP contribution in [0.5, 0.6) is 0 Å². The van der Waals surface area contributed by atoms with Gasteiger partial charge in [0.15, 0.2) is 0 Å². The van der Waals surface area contributed by atoms with Crippen molar-refractivity contribution in [1.82, 2.24) is 15.5 Å². The number of aliphatic carboxylic acids is 1. The molecule has 0 radical (unpaired) electrons. The number of hydrogen-bond acceptors (Lipinski definition) is 5. The molecule has 0 aromatic heterocycles. The van der Waals surface area contributed by atoms with Crippen molar-refractivity contribution in [1.29, 1.82) is 0 Å². The summed E-state index contributed by atoms with van der Waals surface area (Å²) in [6.07, 6.45) is 1.96. The normalized spacial score (nSPS) is 27.8. The van der Waals surface area contributed by atoms with E-state index in [1.54, 1.807) is 0 Å². The zero-order chi connectivity index (χ0) is 20.5. The number of hydrogen-bond donors (Lipinski definition) is 3. The van der Waals surface area contributed by atoms with Crippen LogP contribution in [0.25, 0.3) is 0 Å². The minimum atomic E-state index is -1.26. The standard InChI is InChI=1S/C20H27N3O4S/c1-4-5-11-21-20(22-14(24)12-13-9-7-6-8-10-13)17(27)23-15(16(25)26)19(2,3)28-18(20)23/h6-10,15,18,21H,4-5,11-12H2,1-3H3,(H,22,24)(H,25,26)/t15-,18+,20?/m0/s1. The van der Waals surface area contributed by atoms with Crippen LogP contribution >= 0.6 is 11.8 Å². The lowest BCUT2D eigenvalue weighted by atomic mass is 9.90. The van der Waals surface area contributed by atoms with Crippen molar-refractivity contribution in [2.24, 2.45) is 0 Å². The number of β-lactam (4-membered cyclic amide) rings is 1. The average Bonchev–Trinajstić information content (AvgIpc) is 2.91. The third-order valence-corrected chi connectivity index (χ3v) is 6.89. The molecule has 2 fully saturated rings. The van der Waals surface area contributed by atoms with Crippen molar-refractivity contribution >= 4 is 29.5 Å². The molecule has 1 aromatic rings. The summed E-state index contributed by atoms with van der Waals surface area (Å²) < 4.78 is -0.648. The van der Waals surface area contributed by atoms with Crippen molar-refractivity contribution in [2.75, 3.05) is 6.54 Å². The first-order valence-corrected chi connectivity index (χ1v) is 10.4. The molecule has 152 valence electrons. The summed E-state index contributed by atoms with van der Waals surface area (Å²) in [6, 6.07) is 8.41. The molecule has 2 heterocycles. The Morgan fingerprint density at radius 2 is 1.93 bits per heavy atom. The molecule has 7 nitrogen and oxygen atoms in total. The molecule has 8 heteroatoms. The smallest absolute Gasteiger partial charge is 0.327 e. The molecule has 28 heavy (non-hydrogen) atoms. The van der Waals surface area contributed by atoms with Crippen molar-refractivity contribution < 1.29 is 19.5 Å². The third-order valence-electron chi connectivity index (χ3n) is 5.26. The molecule has 2 aliphatic rings. The van der Waals surface area contributed by atoms with Crippen LogP contribution in [0.15, 0.2) is 30.3 Å². The fourth-order valence-electron chi connectivity index (χ4n) is 3.89. The van der Waals surface area contributed by atoms with E-state index in [2.05, 4.69) is 10.6 Å². The summed E-state index contributed by atoms with van der Waals surface area (Å²) >= 11 is 1.42. The highest BCUT2D eigenvalue weighted by atomic mass is 32.2. The summed E-state index contributed by atoms with van der Waals surface area (Å²) in [5.41, 5.74) is -0.400. The van der Waals surface area contributed by atoms with Crippen LogP contribution in [0.4, 0.5) is 0 Å². The average molecular weight is 406 g/mol.